The number of phenols is 5. The van der Waals surface area contributed by atoms with Gasteiger partial charge in [-0.1, -0.05) is 275 Å². The molecule has 9 unspecified atom stereocenters. The monoisotopic (exact) mass is 1090 g/mol. The summed E-state index contributed by atoms with van der Waals surface area (Å²) in [6, 6.07) is 76.0. The lowest BCUT2D eigenvalue weighted by Crippen LogP contribution is -2.10. The maximum atomic E-state index is 13.2. The number of benzene rings is 10. The topological polar surface area (TPSA) is 101 Å². The van der Waals surface area contributed by atoms with E-state index in [4.69, 9.17) is 0 Å². The highest BCUT2D eigenvalue weighted by molar-refractivity contribution is 5.62. The van der Waals surface area contributed by atoms with Crippen LogP contribution in [0.25, 0.3) is 0 Å². The largest absolute Gasteiger partial charge is 0.508 e. The molecular formula is C78H78O5. The van der Waals surface area contributed by atoms with Crippen LogP contribution in [0.1, 0.15) is 216 Å². The van der Waals surface area contributed by atoms with E-state index in [0.717, 1.165) is 44.5 Å². The second-order valence-corrected chi connectivity index (χ2v) is 23.3. The first-order valence-electron chi connectivity index (χ1n) is 29.5. The molecule has 0 spiro atoms. The zero-order valence-electron chi connectivity index (χ0n) is 49.3. The quantitative estimate of drug-likeness (QED) is 0.0589. The van der Waals surface area contributed by atoms with Crippen LogP contribution in [0.4, 0.5) is 0 Å². The third-order valence-electron chi connectivity index (χ3n) is 18.4. The molecule has 0 aliphatic carbocycles. The summed E-state index contributed by atoms with van der Waals surface area (Å²) in [7, 11) is 0. The minimum absolute atomic E-state index is 0.0627. The molecule has 0 bridgehead atoms. The van der Waals surface area contributed by atoms with Crippen LogP contribution in [0.2, 0.25) is 0 Å². The lowest BCUT2D eigenvalue weighted by Gasteiger charge is -2.28. The lowest BCUT2D eigenvalue weighted by atomic mass is 9.77. The Morgan fingerprint density at radius 3 is 0.578 bits per heavy atom. The highest BCUT2D eigenvalue weighted by atomic mass is 16.3. The predicted molar refractivity (Wildman–Crippen MR) is 340 cm³/mol. The molecule has 0 radical (unpaired) electrons. The second-order valence-electron chi connectivity index (χ2n) is 23.3. The summed E-state index contributed by atoms with van der Waals surface area (Å²) in [6.07, 6.45) is 0. The van der Waals surface area contributed by atoms with Crippen molar-refractivity contribution in [3.63, 3.8) is 0 Å². The van der Waals surface area contributed by atoms with Crippen molar-refractivity contribution in [3.05, 3.63) is 325 Å². The van der Waals surface area contributed by atoms with E-state index < -0.39 is 23.7 Å². The summed E-state index contributed by atoms with van der Waals surface area (Å²) in [6.45, 7) is 19.1. The molecular weight excluding hydrogens is 1020 g/mol. The van der Waals surface area contributed by atoms with Gasteiger partial charge >= 0.3 is 0 Å². The summed E-state index contributed by atoms with van der Waals surface area (Å²) in [5.41, 5.74) is 16.1. The summed E-state index contributed by atoms with van der Waals surface area (Å²) >= 11 is 0. The van der Waals surface area contributed by atoms with E-state index in [1.165, 1.54) is 11.1 Å². The number of phenolic OH excluding ortho intramolecular Hbond substituents is 5. The molecule has 10 aromatic carbocycles. The van der Waals surface area contributed by atoms with Gasteiger partial charge in [0.2, 0.25) is 0 Å². The standard InChI is InChI=1S/C78H78O5/c1-47(56-25-15-10-16-26-56)61-35-37-74(79)66(39-61)52(6)68-41-63(49(3)58-29-19-12-20-30-58)43-70(76(68)81)54(8)72-45-65(51(5)60-33-23-14-24-34-60)46-73(78(72)83)55(9)71-44-64(50(4)59-31-21-13-22-32-59)42-69(77(71)82)53(7)67-40-62(36-38-75(67)80)48(2)57-27-17-11-18-28-57/h10-55,79-83H,1-9H3. The SMILES string of the molecule is CC(c1ccccc1)c1ccc(O)c(C(C)c2cc(C(C)c3ccccc3)cc(C(C)c3cc(C(C)c4ccccc4)cc(C(C)c4cc(C(C)c5ccccc5)cc(C(C)c5cc(C(C)c6ccccc6)ccc5O)c4O)c3O)c2O)c1. The first-order valence-corrected chi connectivity index (χ1v) is 29.5. The Bertz CT molecular complexity index is 3610. The van der Waals surface area contributed by atoms with Gasteiger partial charge in [0, 0.05) is 97.8 Å². The molecule has 420 valence electrons. The van der Waals surface area contributed by atoms with Crippen LogP contribution < -0.4 is 0 Å². The molecule has 0 saturated carbocycles. The minimum Gasteiger partial charge on any atom is -0.508 e. The molecule has 0 heterocycles. The van der Waals surface area contributed by atoms with Gasteiger partial charge in [0.1, 0.15) is 28.7 Å². The first kappa shape index (κ1) is 57.4. The van der Waals surface area contributed by atoms with E-state index >= 15 is 0 Å². The maximum Gasteiger partial charge on any atom is 0.123 e. The molecule has 5 nitrogen and oxygen atoms in total. The first-order chi connectivity index (χ1) is 40.0. The van der Waals surface area contributed by atoms with E-state index in [1.54, 1.807) is 12.1 Å². The van der Waals surface area contributed by atoms with Crippen molar-refractivity contribution in [1.82, 2.24) is 0 Å². The molecule has 0 aliphatic rings. The van der Waals surface area contributed by atoms with Crippen molar-refractivity contribution < 1.29 is 25.5 Å². The summed E-state index contributed by atoms with van der Waals surface area (Å²) < 4.78 is 0. The van der Waals surface area contributed by atoms with Crippen molar-refractivity contribution in [3.8, 4) is 28.7 Å². The van der Waals surface area contributed by atoms with Gasteiger partial charge in [-0.2, -0.15) is 0 Å². The van der Waals surface area contributed by atoms with Gasteiger partial charge in [0.05, 0.1) is 0 Å². The second kappa shape index (κ2) is 24.7. The molecule has 0 aliphatic heterocycles. The van der Waals surface area contributed by atoms with E-state index in [9.17, 15) is 25.5 Å². The Labute approximate surface area is 491 Å². The fourth-order valence-corrected chi connectivity index (χ4v) is 12.6. The predicted octanol–water partition coefficient (Wildman–Crippen LogP) is 19.6. The van der Waals surface area contributed by atoms with Gasteiger partial charge < -0.3 is 25.5 Å². The van der Waals surface area contributed by atoms with Crippen LogP contribution in [-0.2, 0) is 0 Å². The molecule has 5 N–H and O–H groups in total. The normalized spacial score (nSPS) is 14.9. The van der Waals surface area contributed by atoms with E-state index in [-0.39, 0.29) is 58.3 Å². The van der Waals surface area contributed by atoms with Crippen molar-refractivity contribution >= 4 is 0 Å². The van der Waals surface area contributed by atoms with Crippen molar-refractivity contribution in [2.24, 2.45) is 0 Å². The van der Waals surface area contributed by atoms with Gasteiger partial charge in [-0.05, 0) is 67.8 Å². The number of rotatable bonds is 18. The van der Waals surface area contributed by atoms with Gasteiger partial charge in [-0.25, -0.2) is 0 Å². The minimum atomic E-state index is -0.544. The van der Waals surface area contributed by atoms with Crippen molar-refractivity contribution in [2.75, 3.05) is 0 Å². The van der Waals surface area contributed by atoms with E-state index in [0.29, 0.717) is 44.5 Å². The Balaban J connectivity index is 1.14. The van der Waals surface area contributed by atoms with Crippen LogP contribution in [0.15, 0.2) is 224 Å². The molecule has 0 fully saturated rings. The van der Waals surface area contributed by atoms with Gasteiger partial charge in [-0.15, -0.1) is 0 Å². The zero-order chi connectivity index (χ0) is 58.6. The lowest BCUT2D eigenvalue weighted by molar-refractivity contribution is 0.441. The molecule has 9 atom stereocenters. The van der Waals surface area contributed by atoms with Crippen LogP contribution in [0.5, 0.6) is 28.7 Å². The van der Waals surface area contributed by atoms with Crippen LogP contribution in [-0.4, -0.2) is 25.5 Å². The highest BCUT2D eigenvalue weighted by Crippen LogP contribution is 2.50. The van der Waals surface area contributed by atoms with Crippen LogP contribution in [0, 0.1) is 0 Å². The van der Waals surface area contributed by atoms with Crippen molar-refractivity contribution in [2.45, 2.75) is 116 Å². The zero-order valence-corrected chi connectivity index (χ0v) is 49.3. The Morgan fingerprint density at radius 2 is 0.361 bits per heavy atom. The molecule has 0 aromatic heterocycles. The van der Waals surface area contributed by atoms with Gasteiger partial charge in [-0.3, -0.25) is 0 Å². The fourth-order valence-electron chi connectivity index (χ4n) is 12.6. The molecule has 0 amide bonds. The van der Waals surface area contributed by atoms with Crippen LogP contribution >= 0.6 is 0 Å². The molecule has 5 heteroatoms. The van der Waals surface area contributed by atoms with Crippen LogP contribution in [0.3, 0.4) is 0 Å². The smallest absolute Gasteiger partial charge is 0.123 e. The highest BCUT2D eigenvalue weighted by Gasteiger charge is 2.31. The number of aromatic hydroxyl groups is 5. The van der Waals surface area contributed by atoms with Gasteiger partial charge in [0.25, 0.3) is 0 Å². The Hall–Kier alpha value is -8.80. The van der Waals surface area contributed by atoms with E-state index in [1.807, 2.05) is 117 Å². The summed E-state index contributed by atoms with van der Waals surface area (Å²) in [5, 5.41) is 62.6. The van der Waals surface area contributed by atoms with Gasteiger partial charge in [0.15, 0.2) is 0 Å². The average Bonchev–Trinajstić information content (AvgIpc) is 3.68. The third kappa shape index (κ3) is 11.8. The third-order valence-corrected chi connectivity index (χ3v) is 18.4. The summed E-state index contributed by atoms with van der Waals surface area (Å²) in [5.74, 6) is -1.45. The van der Waals surface area contributed by atoms with Crippen molar-refractivity contribution in [1.29, 1.82) is 0 Å². The maximum absolute atomic E-state index is 13.2. The average molecular weight is 1100 g/mol. The Morgan fingerprint density at radius 1 is 0.181 bits per heavy atom. The number of hydrogen-bond donors (Lipinski definition) is 5. The molecule has 0 saturated heterocycles. The fraction of sp³-hybridized carbons (Fsp3) is 0.231. The number of hydrogen-bond acceptors (Lipinski definition) is 5. The summed E-state index contributed by atoms with van der Waals surface area (Å²) in [4.78, 5) is 0. The molecule has 10 aromatic rings. The Kier molecular flexibility index (Phi) is 17.1. The van der Waals surface area contributed by atoms with E-state index in [2.05, 4.69) is 158 Å². The molecule has 83 heavy (non-hydrogen) atoms. The molecule has 10 rings (SSSR count).